The van der Waals surface area contributed by atoms with Crippen molar-refractivity contribution in [1.82, 2.24) is 5.32 Å². The number of hydrogen-bond acceptors (Lipinski definition) is 4. The van der Waals surface area contributed by atoms with Crippen LogP contribution in [0.2, 0.25) is 0 Å². The zero-order valence-electron chi connectivity index (χ0n) is 12.3. The molecule has 112 valence electrons. The van der Waals surface area contributed by atoms with Gasteiger partial charge in [0.25, 0.3) is 5.91 Å². The fourth-order valence-corrected chi connectivity index (χ4v) is 2.49. The number of aliphatic hydroxyl groups is 1. The van der Waals surface area contributed by atoms with E-state index in [1.54, 1.807) is 31.7 Å². The summed E-state index contributed by atoms with van der Waals surface area (Å²) in [5.74, 6) is 1.05. The predicted octanol–water partition coefficient (Wildman–Crippen LogP) is 3.08. The number of aryl methyl sites for hydroxylation is 2. The van der Waals surface area contributed by atoms with E-state index >= 15 is 0 Å². The Morgan fingerprint density at radius 2 is 2.00 bits per heavy atom. The lowest BCUT2D eigenvalue weighted by atomic mass is 10.1. The van der Waals surface area contributed by atoms with E-state index in [2.05, 4.69) is 5.32 Å². The third-order valence-electron chi connectivity index (χ3n) is 3.24. The summed E-state index contributed by atoms with van der Waals surface area (Å²) in [5, 5.41) is 12.8. The Hall–Kier alpha value is -1.72. The maximum atomic E-state index is 12.0. The topological polar surface area (TPSA) is 62.5 Å². The summed E-state index contributed by atoms with van der Waals surface area (Å²) < 4.78 is 5.33. The van der Waals surface area contributed by atoms with E-state index in [1.165, 1.54) is 0 Å². The number of rotatable bonds is 5. The number of nitrogens with one attached hydrogen (secondary N) is 1. The zero-order valence-corrected chi connectivity index (χ0v) is 13.2. The molecule has 0 aliphatic carbocycles. The molecular formula is C16H19NO3S. The zero-order chi connectivity index (χ0) is 15.4. The Morgan fingerprint density at radius 1 is 1.33 bits per heavy atom. The molecule has 4 nitrogen and oxygen atoms in total. The summed E-state index contributed by atoms with van der Waals surface area (Å²) in [7, 11) is 0. The molecule has 5 heteroatoms. The number of carbonyl (C=O) groups excluding carboxylic acids is 1. The van der Waals surface area contributed by atoms with Crippen LogP contribution < -0.4 is 5.32 Å². The smallest absolute Gasteiger partial charge is 0.254 e. The lowest BCUT2D eigenvalue weighted by molar-refractivity contribution is 0.0915. The largest absolute Gasteiger partial charge is 0.466 e. The molecule has 0 aliphatic rings. The molecule has 0 saturated carbocycles. The molecule has 1 amide bonds. The highest BCUT2D eigenvalue weighted by molar-refractivity contribution is 7.98. The molecule has 1 aromatic carbocycles. The fourth-order valence-electron chi connectivity index (χ4n) is 2.08. The quantitative estimate of drug-likeness (QED) is 0.833. The van der Waals surface area contributed by atoms with Gasteiger partial charge in [0.1, 0.15) is 11.5 Å². The molecule has 2 aromatic rings. The standard InChI is InChI=1S/C16H19NO3S/c1-10-8-14(11(2)20-10)16(19)17-9-15(18)12-4-6-13(21-3)7-5-12/h4-8,15,18H,9H2,1-3H3,(H,17,19). The Kier molecular flexibility index (Phi) is 5.09. The molecule has 0 fully saturated rings. The van der Waals surface area contributed by atoms with Gasteiger partial charge in [0.15, 0.2) is 0 Å². The van der Waals surface area contributed by atoms with Gasteiger partial charge in [-0.1, -0.05) is 12.1 Å². The van der Waals surface area contributed by atoms with Crippen molar-refractivity contribution in [2.24, 2.45) is 0 Å². The molecule has 0 saturated heterocycles. The molecule has 2 N–H and O–H groups in total. The normalized spacial score (nSPS) is 12.2. The summed E-state index contributed by atoms with van der Waals surface area (Å²) in [6.07, 6.45) is 1.28. The van der Waals surface area contributed by atoms with Gasteiger partial charge in [-0.2, -0.15) is 0 Å². The average Bonchev–Trinajstić information content (AvgIpc) is 2.83. The van der Waals surface area contributed by atoms with Crippen molar-refractivity contribution in [3.05, 3.63) is 53.0 Å². The molecular weight excluding hydrogens is 286 g/mol. The van der Waals surface area contributed by atoms with E-state index < -0.39 is 6.10 Å². The van der Waals surface area contributed by atoms with Gasteiger partial charge < -0.3 is 14.8 Å². The Bertz CT molecular complexity index is 619. The molecule has 1 heterocycles. The van der Waals surface area contributed by atoms with E-state index in [0.717, 1.165) is 10.5 Å². The molecule has 0 spiro atoms. The first kappa shape index (κ1) is 15.7. The highest BCUT2D eigenvalue weighted by Gasteiger charge is 2.15. The van der Waals surface area contributed by atoms with E-state index in [-0.39, 0.29) is 12.5 Å². The van der Waals surface area contributed by atoms with Crippen LogP contribution in [-0.2, 0) is 0 Å². The molecule has 0 radical (unpaired) electrons. The van der Waals surface area contributed by atoms with Crippen molar-refractivity contribution in [3.63, 3.8) is 0 Å². The van der Waals surface area contributed by atoms with Crippen LogP contribution in [-0.4, -0.2) is 23.8 Å². The predicted molar refractivity (Wildman–Crippen MR) is 83.7 cm³/mol. The number of carbonyl (C=O) groups is 1. The van der Waals surface area contributed by atoms with Crippen LogP contribution in [0.3, 0.4) is 0 Å². The van der Waals surface area contributed by atoms with Gasteiger partial charge in [-0.05, 0) is 43.9 Å². The molecule has 1 unspecified atom stereocenters. The first-order chi connectivity index (χ1) is 10.0. The molecule has 1 atom stereocenters. The van der Waals surface area contributed by atoms with Gasteiger partial charge in [-0.3, -0.25) is 4.79 Å². The first-order valence-corrected chi connectivity index (χ1v) is 7.91. The van der Waals surface area contributed by atoms with Crippen LogP contribution in [0.25, 0.3) is 0 Å². The minimum absolute atomic E-state index is 0.168. The summed E-state index contributed by atoms with van der Waals surface area (Å²) >= 11 is 1.65. The Morgan fingerprint density at radius 3 is 2.52 bits per heavy atom. The third-order valence-corrected chi connectivity index (χ3v) is 3.99. The number of amides is 1. The second-order valence-corrected chi connectivity index (χ2v) is 5.71. The summed E-state index contributed by atoms with van der Waals surface area (Å²) in [6.45, 7) is 3.71. The van der Waals surface area contributed by atoms with Gasteiger partial charge in [-0.15, -0.1) is 11.8 Å². The summed E-state index contributed by atoms with van der Waals surface area (Å²) in [6, 6.07) is 9.35. The maximum absolute atomic E-state index is 12.0. The monoisotopic (exact) mass is 305 g/mol. The Labute approximate surface area is 128 Å². The van der Waals surface area contributed by atoms with Crippen molar-refractivity contribution in [2.75, 3.05) is 12.8 Å². The number of thioether (sulfide) groups is 1. The third kappa shape index (κ3) is 3.89. The van der Waals surface area contributed by atoms with Crippen LogP contribution in [0.15, 0.2) is 39.6 Å². The van der Waals surface area contributed by atoms with E-state index in [4.69, 9.17) is 4.42 Å². The molecule has 0 aliphatic heterocycles. The molecule has 21 heavy (non-hydrogen) atoms. The minimum Gasteiger partial charge on any atom is -0.466 e. The number of benzene rings is 1. The van der Waals surface area contributed by atoms with Crippen LogP contribution in [0.1, 0.15) is 33.5 Å². The molecule has 0 bridgehead atoms. The number of hydrogen-bond donors (Lipinski definition) is 2. The van der Waals surface area contributed by atoms with Gasteiger partial charge in [0.05, 0.1) is 11.7 Å². The van der Waals surface area contributed by atoms with Crippen molar-refractivity contribution in [3.8, 4) is 0 Å². The van der Waals surface area contributed by atoms with Crippen molar-refractivity contribution in [1.29, 1.82) is 0 Å². The number of aliphatic hydroxyl groups excluding tert-OH is 1. The van der Waals surface area contributed by atoms with Crippen molar-refractivity contribution >= 4 is 17.7 Å². The fraction of sp³-hybridized carbons (Fsp3) is 0.312. The van der Waals surface area contributed by atoms with E-state index in [1.807, 2.05) is 30.5 Å². The summed E-state index contributed by atoms with van der Waals surface area (Å²) in [5.41, 5.74) is 1.30. The van der Waals surface area contributed by atoms with Gasteiger partial charge in [0, 0.05) is 11.4 Å². The molecule has 2 rings (SSSR count). The average molecular weight is 305 g/mol. The summed E-state index contributed by atoms with van der Waals surface area (Å²) in [4.78, 5) is 13.2. The highest BCUT2D eigenvalue weighted by Crippen LogP contribution is 2.19. The van der Waals surface area contributed by atoms with Crippen molar-refractivity contribution < 1.29 is 14.3 Å². The minimum atomic E-state index is -0.724. The lowest BCUT2D eigenvalue weighted by Gasteiger charge is -2.12. The van der Waals surface area contributed by atoms with Crippen LogP contribution >= 0.6 is 11.8 Å². The van der Waals surface area contributed by atoms with E-state index in [9.17, 15) is 9.90 Å². The van der Waals surface area contributed by atoms with Crippen LogP contribution in [0.5, 0.6) is 0 Å². The highest BCUT2D eigenvalue weighted by atomic mass is 32.2. The second kappa shape index (κ2) is 6.83. The number of furan rings is 1. The maximum Gasteiger partial charge on any atom is 0.254 e. The van der Waals surface area contributed by atoms with Gasteiger partial charge >= 0.3 is 0 Å². The van der Waals surface area contributed by atoms with Crippen LogP contribution in [0, 0.1) is 13.8 Å². The van der Waals surface area contributed by atoms with Gasteiger partial charge in [-0.25, -0.2) is 0 Å². The van der Waals surface area contributed by atoms with E-state index in [0.29, 0.717) is 17.1 Å². The first-order valence-electron chi connectivity index (χ1n) is 6.68. The lowest BCUT2D eigenvalue weighted by Crippen LogP contribution is -2.28. The molecule has 1 aromatic heterocycles. The van der Waals surface area contributed by atoms with Crippen LogP contribution in [0.4, 0.5) is 0 Å². The van der Waals surface area contributed by atoms with Gasteiger partial charge in [0.2, 0.25) is 0 Å². The SMILES string of the molecule is CSc1ccc(C(O)CNC(=O)c2cc(C)oc2C)cc1. The van der Waals surface area contributed by atoms with Crippen molar-refractivity contribution in [2.45, 2.75) is 24.8 Å². The second-order valence-electron chi connectivity index (χ2n) is 4.83. The Balaban J connectivity index is 1.95.